The second-order valence-electron chi connectivity index (χ2n) is 2.65. The van der Waals surface area contributed by atoms with E-state index < -0.39 is 10.1 Å². The molecule has 1 aromatic carbocycles. The minimum atomic E-state index is -4.11. The molecule has 1 rings (SSSR count). The van der Waals surface area contributed by atoms with Crippen LogP contribution in [0.5, 0.6) is 0 Å². The van der Waals surface area contributed by atoms with Crippen LogP contribution in [0.2, 0.25) is 0 Å². The minimum absolute atomic E-state index is 0.0365. The van der Waals surface area contributed by atoms with Crippen molar-refractivity contribution in [1.82, 2.24) is 0 Å². The molecule has 0 fully saturated rings. The summed E-state index contributed by atoms with van der Waals surface area (Å²) in [6, 6.07) is 6.35. The molecule has 0 atom stereocenters. The maximum atomic E-state index is 10.9. The van der Waals surface area contributed by atoms with Crippen molar-refractivity contribution >= 4 is 26.0 Å². The zero-order valence-electron chi connectivity index (χ0n) is 7.22. The Bertz CT molecular complexity index is 437. The summed E-state index contributed by atoms with van der Waals surface area (Å²) >= 11 is 3.09. The molecule has 1 N–H and O–H groups in total. The van der Waals surface area contributed by atoms with Gasteiger partial charge in [0.25, 0.3) is 10.1 Å². The zero-order chi connectivity index (χ0) is 10.6. The van der Waals surface area contributed by atoms with Crippen LogP contribution in [-0.2, 0) is 16.5 Å². The van der Waals surface area contributed by atoms with Gasteiger partial charge in [0.1, 0.15) is 0 Å². The van der Waals surface area contributed by atoms with Gasteiger partial charge in [0.05, 0.1) is 4.90 Å². The molecule has 0 aliphatic heterocycles. The molecular formula is C9H9BrO3S. The monoisotopic (exact) mass is 276 g/mol. The average molecular weight is 277 g/mol. The molecule has 0 aliphatic rings. The fourth-order valence-corrected chi connectivity index (χ4v) is 2.02. The van der Waals surface area contributed by atoms with Crippen molar-refractivity contribution in [2.45, 2.75) is 11.3 Å². The quantitative estimate of drug-likeness (QED) is 0.863. The number of halogens is 1. The highest BCUT2D eigenvalue weighted by atomic mass is 79.9. The molecule has 76 valence electrons. The average Bonchev–Trinajstić information content (AvgIpc) is 2.14. The molecule has 1 aromatic rings. The Labute approximate surface area is 91.3 Å². The number of hydrogen-bond donors (Lipinski definition) is 1. The van der Waals surface area contributed by atoms with Gasteiger partial charge >= 0.3 is 0 Å². The van der Waals surface area contributed by atoms with E-state index in [1.54, 1.807) is 29.3 Å². The van der Waals surface area contributed by atoms with Crippen LogP contribution in [0.25, 0.3) is 0 Å². The van der Waals surface area contributed by atoms with Gasteiger partial charge in [-0.2, -0.15) is 8.42 Å². The molecule has 0 saturated heterocycles. The van der Waals surface area contributed by atoms with Gasteiger partial charge in [0.2, 0.25) is 0 Å². The van der Waals surface area contributed by atoms with Gasteiger partial charge in [0.15, 0.2) is 0 Å². The highest BCUT2D eigenvalue weighted by Gasteiger charge is 2.12. The Morgan fingerprint density at radius 1 is 1.36 bits per heavy atom. The Hall–Kier alpha value is -0.650. The predicted molar refractivity (Wildman–Crippen MR) is 58.0 cm³/mol. The van der Waals surface area contributed by atoms with Crippen LogP contribution in [0.1, 0.15) is 5.56 Å². The van der Waals surface area contributed by atoms with Crippen LogP contribution < -0.4 is 0 Å². The SMILES string of the molecule is O=S(=O)(O)c1ccccc1CC=CBr. The van der Waals surface area contributed by atoms with Crippen LogP contribution in [0.15, 0.2) is 40.2 Å². The van der Waals surface area contributed by atoms with E-state index in [0.717, 1.165) is 0 Å². The van der Waals surface area contributed by atoms with Gasteiger partial charge < -0.3 is 0 Å². The van der Waals surface area contributed by atoms with E-state index in [4.69, 9.17) is 4.55 Å². The third-order valence-electron chi connectivity index (χ3n) is 1.68. The van der Waals surface area contributed by atoms with Gasteiger partial charge in [-0.15, -0.1) is 0 Å². The van der Waals surface area contributed by atoms with Crippen molar-refractivity contribution in [3.63, 3.8) is 0 Å². The molecule has 0 radical (unpaired) electrons. The van der Waals surface area contributed by atoms with Gasteiger partial charge in [-0.3, -0.25) is 4.55 Å². The lowest BCUT2D eigenvalue weighted by Gasteiger charge is -2.03. The maximum absolute atomic E-state index is 10.9. The third-order valence-corrected chi connectivity index (χ3v) is 3.01. The van der Waals surface area contributed by atoms with E-state index in [1.165, 1.54) is 6.07 Å². The summed E-state index contributed by atoms with van der Waals surface area (Å²) < 4.78 is 30.8. The summed E-state index contributed by atoms with van der Waals surface area (Å²) in [7, 11) is -4.11. The van der Waals surface area contributed by atoms with E-state index in [1.807, 2.05) is 0 Å². The van der Waals surface area contributed by atoms with Gasteiger partial charge in [-0.05, 0) is 23.0 Å². The first-order chi connectivity index (χ1) is 6.55. The fraction of sp³-hybridized carbons (Fsp3) is 0.111. The topological polar surface area (TPSA) is 54.4 Å². The summed E-state index contributed by atoms with van der Waals surface area (Å²) in [5, 5.41) is 0. The predicted octanol–water partition coefficient (Wildman–Crippen LogP) is 2.38. The van der Waals surface area contributed by atoms with Crippen LogP contribution in [0, 0.1) is 0 Å². The van der Waals surface area contributed by atoms with E-state index in [2.05, 4.69) is 15.9 Å². The molecule has 14 heavy (non-hydrogen) atoms. The van der Waals surface area contributed by atoms with E-state index in [0.29, 0.717) is 12.0 Å². The lowest BCUT2D eigenvalue weighted by atomic mass is 10.1. The van der Waals surface area contributed by atoms with Gasteiger partial charge in [-0.25, -0.2) is 0 Å². The Balaban J connectivity index is 3.16. The first-order valence-corrected chi connectivity index (χ1v) is 6.22. The molecule has 5 heteroatoms. The van der Waals surface area contributed by atoms with Crippen molar-refractivity contribution in [2.75, 3.05) is 0 Å². The lowest BCUT2D eigenvalue weighted by Crippen LogP contribution is -2.02. The Morgan fingerprint density at radius 3 is 2.57 bits per heavy atom. The Kier molecular flexibility index (Phi) is 3.86. The maximum Gasteiger partial charge on any atom is 0.294 e. The van der Waals surface area contributed by atoms with E-state index >= 15 is 0 Å². The van der Waals surface area contributed by atoms with Crippen LogP contribution >= 0.6 is 15.9 Å². The first kappa shape index (κ1) is 11.4. The molecule has 0 heterocycles. The molecule has 0 aromatic heterocycles. The van der Waals surface area contributed by atoms with E-state index in [9.17, 15) is 8.42 Å². The normalized spacial score (nSPS) is 12.1. The Morgan fingerprint density at radius 2 is 2.00 bits per heavy atom. The molecule has 0 aliphatic carbocycles. The van der Waals surface area contributed by atoms with Crippen molar-refractivity contribution in [3.05, 3.63) is 40.9 Å². The number of hydrogen-bond acceptors (Lipinski definition) is 2. The molecule has 0 bridgehead atoms. The molecule has 0 amide bonds. The molecule has 0 unspecified atom stereocenters. The van der Waals surface area contributed by atoms with Crippen LogP contribution in [-0.4, -0.2) is 13.0 Å². The smallest absolute Gasteiger partial charge is 0.282 e. The summed E-state index contributed by atoms with van der Waals surface area (Å²) in [6.07, 6.45) is 2.21. The second kappa shape index (κ2) is 4.72. The van der Waals surface area contributed by atoms with Crippen LogP contribution in [0.4, 0.5) is 0 Å². The lowest BCUT2D eigenvalue weighted by molar-refractivity contribution is 0.482. The zero-order valence-corrected chi connectivity index (χ0v) is 9.62. The fourth-order valence-electron chi connectivity index (χ4n) is 1.10. The molecule has 3 nitrogen and oxygen atoms in total. The van der Waals surface area contributed by atoms with Crippen LogP contribution in [0.3, 0.4) is 0 Å². The van der Waals surface area contributed by atoms with Crippen molar-refractivity contribution in [3.8, 4) is 0 Å². The van der Waals surface area contributed by atoms with Crippen molar-refractivity contribution in [2.24, 2.45) is 0 Å². The summed E-state index contributed by atoms with van der Waals surface area (Å²) in [4.78, 5) is 1.61. The summed E-state index contributed by atoms with van der Waals surface area (Å²) in [5.74, 6) is 0. The number of rotatable bonds is 3. The second-order valence-corrected chi connectivity index (χ2v) is 4.57. The third kappa shape index (κ3) is 2.94. The van der Waals surface area contributed by atoms with Crippen molar-refractivity contribution in [1.29, 1.82) is 0 Å². The first-order valence-electron chi connectivity index (χ1n) is 3.86. The minimum Gasteiger partial charge on any atom is -0.282 e. The highest BCUT2D eigenvalue weighted by molar-refractivity contribution is 9.11. The summed E-state index contributed by atoms with van der Waals surface area (Å²) in [6.45, 7) is 0. The molecule has 0 spiro atoms. The number of allylic oxidation sites excluding steroid dienone is 1. The standard InChI is InChI=1S/C9H9BrO3S/c10-7-3-5-8-4-1-2-6-9(8)14(11,12)13/h1-4,6-7H,5H2,(H,11,12,13). The number of benzene rings is 1. The van der Waals surface area contributed by atoms with E-state index in [-0.39, 0.29) is 4.90 Å². The largest absolute Gasteiger partial charge is 0.294 e. The van der Waals surface area contributed by atoms with Crippen molar-refractivity contribution < 1.29 is 13.0 Å². The highest BCUT2D eigenvalue weighted by Crippen LogP contribution is 2.15. The van der Waals surface area contributed by atoms with Gasteiger partial charge in [0, 0.05) is 0 Å². The molecular weight excluding hydrogens is 268 g/mol. The molecule has 0 saturated carbocycles. The van der Waals surface area contributed by atoms with Gasteiger partial charge in [-0.1, -0.05) is 40.2 Å². The summed E-state index contributed by atoms with van der Waals surface area (Å²) in [5.41, 5.74) is 0.575.